The van der Waals surface area contributed by atoms with Gasteiger partial charge in [0, 0.05) is 17.3 Å². The minimum absolute atomic E-state index is 0.126. The van der Waals surface area contributed by atoms with Crippen molar-refractivity contribution >= 4 is 34.1 Å². The van der Waals surface area contributed by atoms with Gasteiger partial charge in [-0.2, -0.15) is 0 Å². The number of thioether (sulfide) groups is 1. The zero-order valence-corrected chi connectivity index (χ0v) is 16.7. The van der Waals surface area contributed by atoms with Crippen LogP contribution in [0.15, 0.2) is 77.8 Å². The number of anilines is 1. The first kappa shape index (κ1) is 18.4. The molecule has 0 saturated carbocycles. The van der Waals surface area contributed by atoms with Gasteiger partial charge in [-0.25, -0.2) is 0 Å². The zero-order valence-electron chi connectivity index (χ0n) is 15.9. The van der Waals surface area contributed by atoms with Crippen LogP contribution in [0.5, 0.6) is 11.5 Å². The largest absolute Gasteiger partial charge is 0.454 e. The van der Waals surface area contributed by atoms with Gasteiger partial charge in [-0.3, -0.25) is 4.79 Å². The van der Waals surface area contributed by atoms with E-state index in [1.807, 2.05) is 30.3 Å². The summed E-state index contributed by atoms with van der Waals surface area (Å²) in [5.41, 5.74) is 2.48. The normalized spacial score (nSPS) is 12.1. The van der Waals surface area contributed by atoms with Crippen LogP contribution in [0.1, 0.15) is 0 Å². The summed E-state index contributed by atoms with van der Waals surface area (Å²) in [5.74, 6) is 1.43. The Labute approximate surface area is 177 Å². The molecule has 2 heterocycles. The summed E-state index contributed by atoms with van der Waals surface area (Å²) in [6, 6.07) is 23.6. The number of carbonyl (C=O) groups excluding carboxylic acids is 1. The van der Waals surface area contributed by atoms with Crippen LogP contribution in [0, 0.1) is 0 Å². The quantitative estimate of drug-likeness (QED) is 0.474. The molecule has 3 aromatic carbocycles. The van der Waals surface area contributed by atoms with Crippen molar-refractivity contribution in [3.05, 3.63) is 72.8 Å². The van der Waals surface area contributed by atoms with Crippen molar-refractivity contribution in [1.29, 1.82) is 0 Å². The monoisotopic (exact) mass is 415 g/mol. The molecule has 5 rings (SSSR count). The fourth-order valence-electron chi connectivity index (χ4n) is 3.21. The van der Waals surface area contributed by atoms with Crippen molar-refractivity contribution in [3.63, 3.8) is 0 Å². The fourth-order valence-corrected chi connectivity index (χ4v) is 3.82. The summed E-state index contributed by atoms with van der Waals surface area (Å²) in [7, 11) is 0. The van der Waals surface area contributed by atoms with Gasteiger partial charge < -0.3 is 14.8 Å². The van der Waals surface area contributed by atoms with Crippen LogP contribution in [0.3, 0.4) is 0 Å². The highest BCUT2D eigenvalue weighted by Gasteiger charge is 2.14. The number of hydrogen-bond acceptors (Lipinski definition) is 6. The molecule has 1 amide bonds. The minimum atomic E-state index is -0.126. The van der Waals surface area contributed by atoms with Crippen LogP contribution in [-0.2, 0) is 4.79 Å². The number of benzene rings is 3. The molecule has 0 spiro atoms. The Bertz CT molecular complexity index is 1230. The Morgan fingerprint density at radius 1 is 0.900 bits per heavy atom. The lowest BCUT2D eigenvalue weighted by molar-refractivity contribution is -0.113. The molecule has 1 aliphatic rings. The highest BCUT2D eigenvalue weighted by molar-refractivity contribution is 7.99. The predicted molar refractivity (Wildman–Crippen MR) is 117 cm³/mol. The molecule has 0 radical (unpaired) electrons. The van der Waals surface area contributed by atoms with Crippen LogP contribution in [0.4, 0.5) is 5.69 Å². The summed E-state index contributed by atoms with van der Waals surface area (Å²) in [6.45, 7) is 0.205. The van der Waals surface area contributed by atoms with Gasteiger partial charge in [0.05, 0.1) is 11.4 Å². The smallest absolute Gasteiger partial charge is 0.234 e. The Kier molecular flexibility index (Phi) is 4.94. The van der Waals surface area contributed by atoms with Gasteiger partial charge in [0.25, 0.3) is 0 Å². The molecule has 30 heavy (non-hydrogen) atoms. The maximum Gasteiger partial charge on any atom is 0.234 e. The van der Waals surface area contributed by atoms with E-state index in [2.05, 4.69) is 39.8 Å². The molecule has 4 aromatic rings. The molecule has 0 unspecified atom stereocenters. The van der Waals surface area contributed by atoms with Gasteiger partial charge in [0.1, 0.15) is 5.03 Å². The molecule has 0 fully saturated rings. The number of hydrogen-bond donors (Lipinski definition) is 1. The Morgan fingerprint density at radius 2 is 1.77 bits per heavy atom. The standard InChI is InChI=1S/C23H17N3O3S/c27-22(24-18-7-9-20-21(12-18)29-14-28-20)13-30-23-10-8-19(25-26-23)17-6-5-15-3-1-2-4-16(15)11-17/h1-12H,13-14H2,(H,24,27). The van der Waals surface area contributed by atoms with E-state index >= 15 is 0 Å². The van der Waals surface area contributed by atoms with E-state index in [9.17, 15) is 4.79 Å². The topological polar surface area (TPSA) is 73.3 Å². The SMILES string of the molecule is O=C(CSc1ccc(-c2ccc3ccccc3c2)nn1)Nc1ccc2c(c1)OCO2. The summed E-state index contributed by atoms with van der Waals surface area (Å²) in [6.07, 6.45) is 0. The highest BCUT2D eigenvalue weighted by atomic mass is 32.2. The van der Waals surface area contributed by atoms with E-state index in [0.717, 1.165) is 16.6 Å². The van der Waals surface area contributed by atoms with Crippen molar-refractivity contribution in [2.24, 2.45) is 0 Å². The molecule has 0 saturated heterocycles. The van der Waals surface area contributed by atoms with E-state index in [0.29, 0.717) is 22.2 Å². The van der Waals surface area contributed by atoms with Crippen LogP contribution in [0.25, 0.3) is 22.0 Å². The number of ether oxygens (including phenoxy) is 2. The van der Waals surface area contributed by atoms with E-state index in [1.165, 1.54) is 17.1 Å². The van der Waals surface area contributed by atoms with Gasteiger partial charge in [0.15, 0.2) is 11.5 Å². The molecular weight excluding hydrogens is 398 g/mol. The van der Waals surface area contributed by atoms with Gasteiger partial charge in [-0.1, -0.05) is 48.2 Å². The molecule has 1 N–H and O–H groups in total. The van der Waals surface area contributed by atoms with Crippen molar-refractivity contribution < 1.29 is 14.3 Å². The van der Waals surface area contributed by atoms with Gasteiger partial charge in [0.2, 0.25) is 12.7 Å². The number of aromatic nitrogens is 2. The van der Waals surface area contributed by atoms with Gasteiger partial charge >= 0.3 is 0 Å². The second-order valence-corrected chi connectivity index (χ2v) is 7.72. The Balaban J connectivity index is 1.21. The third kappa shape index (κ3) is 3.92. The summed E-state index contributed by atoms with van der Waals surface area (Å²) in [4.78, 5) is 12.2. The van der Waals surface area contributed by atoms with E-state index in [-0.39, 0.29) is 18.5 Å². The van der Waals surface area contributed by atoms with E-state index in [4.69, 9.17) is 9.47 Å². The van der Waals surface area contributed by atoms with Crippen molar-refractivity contribution in [3.8, 4) is 22.8 Å². The van der Waals surface area contributed by atoms with Gasteiger partial charge in [-0.15, -0.1) is 10.2 Å². The Morgan fingerprint density at radius 3 is 2.63 bits per heavy atom. The first-order valence-corrected chi connectivity index (χ1v) is 10.4. The molecule has 1 aliphatic heterocycles. The van der Waals surface area contributed by atoms with Crippen LogP contribution >= 0.6 is 11.8 Å². The first-order chi connectivity index (χ1) is 14.7. The summed E-state index contributed by atoms with van der Waals surface area (Å²) < 4.78 is 10.6. The molecule has 0 aliphatic carbocycles. The van der Waals surface area contributed by atoms with Crippen molar-refractivity contribution in [1.82, 2.24) is 10.2 Å². The third-order valence-electron chi connectivity index (χ3n) is 4.69. The maximum atomic E-state index is 12.2. The van der Waals surface area contributed by atoms with Gasteiger partial charge in [-0.05, 0) is 41.1 Å². The molecule has 148 valence electrons. The number of fused-ring (bicyclic) bond motifs is 2. The number of rotatable bonds is 5. The number of nitrogens with one attached hydrogen (secondary N) is 1. The predicted octanol–water partition coefficient (Wildman–Crippen LogP) is 4.76. The van der Waals surface area contributed by atoms with Crippen LogP contribution < -0.4 is 14.8 Å². The number of amides is 1. The van der Waals surface area contributed by atoms with Crippen LogP contribution in [0.2, 0.25) is 0 Å². The summed E-state index contributed by atoms with van der Waals surface area (Å²) in [5, 5.41) is 14.5. The minimum Gasteiger partial charge on any atom is -0.454 e. The maximum absolute atomic E-state index is 12.2. The first-order valence-electron chi connectivity index (χ1n) is 9.40. The molecule has 0 atom stereocenters. The fraction of sp³-hybridized carbons (Fsp3) is 0.0870. The van der Waals surface area contributed by atoms with Crippen molar-refractivity contribution in [2.75, 3.05) is 17.9 Å². The molecule has 7 heteroatoms. The summed E-state index contributed by atoms with van der Waals surface area (Å²) >= 11 is 1.34. The molecule has 0 bridgehead atoms. The number of carbonyl (C=O) groups is 1. The average molecular weight is 415 g/mol. The van der Waals surface area contributed by atoms with Crippen LogP contribution in [-0.4, -0.2) is 28.7 Å². The van der Waals surface area contributed by atoms with Crippen molar-refractivity contribution in [2.45, 2.75) is 5.03 Å². The second kappa shape index (κ2) is 8.04. The molecule has 1 aromatic heterocycles. The third-order valence-corrected chi connectivity index (χ3v) is 5.61. The lowest BCUT2D eigenvalue weighted by atomic mass is 10.1. The number of nitrogens with zero attached hydrogens (tertiary/aromatic N) is 2. The highest BCUT2D eigenvalue weighted by Crippen LogP contribution is 2.34. The lowest BCUT2D eigenvalue weighted by Gasteiger charge is -2.06. The molecule has 6 nitrogen and oxygen atoms in total. The lowest BCUT2D eigenvalue weighted by Crippen LogP contribution is -2.14. The van der Waals surface area contributed by atoms with E-state index < -0.39 is 0 Å². The molecular formula is C23H17N3O3S. The van der Waals surface area contributed by atoms with E-state index in [1.54, 1.807) is 18.2 Å². The zero-order chi connectivity index (χ0) is 20.3. The average Bonchev–Trinajstić information content (AvgIpc) is 3.26. The second-order valence-electron chi connectivity index (χ2n) is 6.72. The Hall–Kier alpha value is -3.58.